The number of aromatic nitrogens is 1. The van der Waals surface area contributed by atoms with Gasteiger partial charge in [0.25, 0.3) is 0 Å². The lowest BCUT2D eigenvalue weighted by molar-refractivity contribution is -0.000828. The highest BCUT2D eigenvalue weighted by molar-refractivity contribution is 9.10. The van der Waals surface area contributed by atoms with E-state index >= 15 is 0 Å². The maximum Gasteiger partial charge on any atom is 0.126 e. The summed E-state index contributed by atoms with van der Waals surface area (Å²) in [5, 5.41) is 13.8. The zero-order valence-electron chi connectivity index (χ0n) is 11.0. The molecule has 0 bridgehead atoms. The maximum atomic E-state index is 10.5. The van der Waals surface area contributed by atoms with Crippen molar-refractivity contribution in [2.75, 3.05) is 11.9 Å². The van der Waals surface area contributed by atoms with Gasteiger partial charge in [-0.3, -0.25) is 0 Å². The second-order valence-corrected chi connectivity index (χ2v) is 6.40. The molecule has 1 heterocycles. The van der Waals surface area contributed by atoms with Crippen LogP contribution in [-0.4, -0.2) is 22.2 Å². The lowest BCUT2D eigenvalue weighted by Crippen LogP contribution is -2.41. The summed E-state index contributed by atoms with van der Waals surface area (Å²) in [6.07, 6.45) is 4.12. The van der Waals surface area contributed by atoms with Gasteiger partial charge in [-0.2, -0.15) is 0 Å². The number of pyridine rings is 1. The number of hydrogen-bond acceptors (Lipinski definition) is 3. The molecule has 0 amide bonds. The number of aliphatic hydroxyl groups is 1. The molecule has 4 heteroatoms. The summed E-state index contributed by atoms with van der Waals surface area (Å²) in [4.78, 5) is 4.44. The monoisotopic (exact) mass is 312 g/mol. The van der Waals surface area contributed by atoms with E-state index in [1.807, 2.05) is 19.1 Å². The Kier molecular flexibility index (Phi) is 4.28. The Labute approximate surface area is 117 Å². The number of anilines is 1. The third-order valence-electron chi connectivity index (χ3n) is 3.69. The molecule has 1 aromatic heterocycles. The van der Waals surface area contributed by atoms with Gasteiger partial charge in [0, 0.05) is 11.0 Å². The summed E-state index contributed by atoms with van der Waals surface area (Å²) in [5.74, 6) is 1.45. The maximum absolute atomic E-state index is 10.5. The molecule has 0 spiro atoms. The first-order valence-corrected chi connectivity index (χ1v) is 7.37. The largest absolute Gasteiger partial charge is 0.388 e. The summed E-state index contributed by atoms with van der Waals surface area (Å²) >= 11 is 3.44. The van der Waals surface area contributed by atoms with Crippen LogP contribution in [0.15, 0.2) is 16.6 Å². The van der Waals surface area contributed by atoms with Crippen molar-refractivity contribution in [3.05, 3.63) is 22.3 Å². The normalized spacial score (nSPS) is 28.1. The molecule has 2 N–H and O–H groups in total. The van der Waals surface area contributed by atoms with Gasteiger partial charge in [0.1, 0.15) is 5.82 Å². The van der Waals surface area contributed by atoms with Crippen LogP contribution in [0, 0.1) is 12.8 Å². The van der Waals surface area contributed by atoms with Crippen LogP contribution in [0.4, 0.5) is 5.82 Å². The number of hydrogen-bond donors (Lipinski definition) is 2. The minimum Gasteiger partial charge on any atom is -0.388 e. The molecule has 2 unspecified atom stereocenters. The second kappa shape index (κ2) is 5.57. The molecule has 0 aromatic carbocycles. The minimum absolute atomic E-state index is 0.569. The second-order valence-electron chi connectivity index (χ2n) is 5.54. The summed E-state index contributed by atoms with van der Waals surface area (Å²) in [6.45, 7) is 4.77. The summed E-state index contributed by atoms with van der Waals surface area (Å²) in [5.41, 5.74) is 0.393. The molecule has 18 heavy (non-hydrogen) atoms. The van der Waals surface area contributed by atoms with Gasteiger partial charge in [-0.05, 0) is 53.7 Å². The topological polar surface area (TPSA) is 45.2 Å². The molecule has 0 radical (unpaired) electrons. The molecule has 1 aliphatic carbocycles. The van der Waals surface area contributed by atoms with E-state index in [9.17, 15) is 5.11 Å². The summed E-state index contributed by atoms with van der Waals surface area (Å²) in [7, 11) is 0. The molecule has 2 rings (SSSR count). The van der Waals surface area contributed by atoms with Crippen LogP contribution in [0.2, 0.25) is 0 Å². The van der Waals surface area contributed by atoms with Crippen LogP contribution in [-0.2, 0) is 0 Å². The van der Waals surface area contributed by atoms with Gasteiger partial charge in [-0.15, -0.1) is 0 Å². The highest BCUT2D eigenvalue weighted by atomic mass is 79.9. The van der Waals surface area contributed by atoms with Crippen LogP contribution in [0.1, 0.15) is 38.3 Å². The van der Waals surface area contributed by atoms with Crippen LogP contribution in [0.3, 0.4) is 0 Å². The number of nitrogens with zero attached hydrogens (tertiary/aromatic N) is 1. The van der Waals surface area contributed by atoms with E-state index in [1.54, 1.807) is 0 Å². The van der Waals surface area contributed by atoms with Crippen LogP contribution in [0.25, 0.3) is 0 Å². The van der Waals surface area contributed by atoms with Gasteiger partial charge in [0.05, 0.1) is 11.3 Å². The smallest absolute Gasteiger partial charge is 0.126 e. The zero-order chi connectivity index (χ0) is 13.2. The van der Waals surface area contributed by atoms with Gasteiger partial charge in [-0.1, -0.05) is 19.8 Å². The van der Waals surface area contributed by atoms with Crippen LogP contribution >= 0.6 is 15.9 Å². The average molecular weight is 313 g/mol. The molecule has 0 saturated heterocycles. The van der Waals surface area contributed by atoms with Gasteiger partial charge < -0.3 is 10.4 Å². The molecule has 1 fully saturated rings. The SMILES string of the molecule is Cc1nc(NCC2(O)CCCC(C)C2)ccc1Br. The minimum atomic E-state index is -0.569. The van der Waals surface area contributed by atoms with Crippen LogP contribution < -0.4 is 5.32 Å². The predicted molar refractivity (Wildman–Crippen MR) is 77.7 cm³/mol. The Morgan fingerprint density at radius 3 is 3.00 bits per heavy atom. The van der Waals surface area contributed by atoms with Gasteiger partial charge in [0.2, 0.25) is 0 Å². The quantitative estimate of drug-likeness (QED) is 0.897. The third kappa shape index (κ3) is 3.45. The van der Waals surface area contributed by atoms with Crippen molar-refractivity contribution in [3.63, 3.8) is 0 Å². The first-order valence-electron chi connectivity index (χ1n) is 6.58. The molecular formula is C14H21BrN2O. The summed E-state index contributed by atoms with van der Waals surface area (Å²) in [6, 6.07) is 3.92. The number of nitrogens with one attached hydrogen (secondary N) is 1. The molecule has 1 saturated carbocycles. The van der Waals surface area contributed by atoms with Crippen LogP contribution in [0.5, 0.6) is 0 Å². The molecule has 2 atom stereocenters. The summed E-state index contributed by atoms with van der Waals surface area (Å²) < 4.78 is 1.01. The lowest BCUT2D eigenvalue weighted by Gasteiger charge is -2.35. The van der Waals surface area contributed by atoms with E-state index in [4.69, 9.17) is 0 Å². The lowest BCUT2D eigenvalue weighted by atomic mass is 9.79. The number of rotatable bonds is 3. The average Bonchev–Trinajstić information content (AvgIpc) is 2.31. The number of halogens is 1. The number of aryl methyl sites for hydroxylation is 1. The van der Waals surface area contributed by atoms with Crippen molar-refractivity contribution in [3.8, 4) is 0 Å². The fourth-order valence-electron chi connectivity index (χ4n) is 2.69. The third-order valence-corrected chi connectivity index (χ3v) is 4.53. The molecule has 3 nitrogen and oxygen atoms in total. The van der Waals surface area contributed by atoms with E-state index in [1.165, 1.54) is 6.42 Å². The first-order chi connectivity index (χ1) is 8.48. The standard InChI is InChI=1S/C14H21BrN2O/c1-10-4-3-7-14(18,8-10)9-16-13-6-5-12(15)11(2)17-13/h5-6,10,18H,3-4,7-9H2,1-2H3,(H,16,17). The van der Waals surface area contributed by atoms with E-state index in [0.29, 0.717) is 12.5 Å². The van der Waals surface area contributed by atoms with Gasteiger partial charge in [0.15, 0.2) is 0 Å². The van der Waals surface area contributed by atoms with E-state index < -0.39 is 5.60 Å². The Morgan fingerprint density at radius 1 is 1.56 bits per heavy atom. The zero-order valence-corrected chi connectivity index (χ0v) is 12.6. The van der Waals surface area contributed by atoms with Crippen molar-refractivity contribution in [2.24, 2.45) is 5.92 Å². The van der Waals surface area contributed by atoms with Crippen molar-refractivity contribution < 1.29 is 5.11 Å². The molecule has 0 aliphatic heterocycles. The first kappa shape index (κ1) is 13.8. The molecule has 100 valence electrons. The fraction of sp³-hybridized carbons (Fsp3) is 0.643. The van der Waals surface area contributed by atoms with Crippen molar-refractivity contribution in [1.29, 1.82) is 0 Å². The highest BCUT2D eigenvalue weighted by Crippen LogP contribution is 2.32. The predicted octanol–water partition coefficient (Wildman–Crippen LogP) is 3.51. The van der Waals surface area contributed by atoms with Crippen molar-refractivity contribution >= 4 is 21.7 Å². The van der Waals surface area contributed by atoms with E-state index in [0.717, 1.165) is 35.2 Å². The molecule has 1 aromatic rings. The Morgan fingerprint density at radius 2 is 2.33 bits per heavy atom. The Hall–Kier alpha value is -0.610. The van der Waals surface area contributed by atoms with E-state index in [-0.39, 0.29) is 0 Å². The Balaban J connectivity index is 1.96. The van der Waals surface area contributed by atoms with Gasteiger partial charge >= 0.3 is 0 Å². The van der Waals surface area contributed by atoms with E-state index in [2.05, 4.69) is 33.2 Å². The van der Waals surface area contributed by atoms with Gasteiger partial charge in [-0.25, -0.2) is 4.98 Å². The highest BCUT2D eigenvalue weighted by Gasteiger charge is 2.32. The fourth-order valence-corrected chi connectivity index (χ4v) is 2.91. The molecule has 1 aliphatic rings. The van der Waals surface area contributed by atoms with Crippen molar-refractivity contribution in [2.45, 2.75) is 45.1 Å². The Bertz CT molecular complexity index is 424. The molecular weight excluding hydrogens is 292 g/mol. The van der Waals surface area contributed by atoms with Crippen molar-refractivity contribution in [1.82, 2.24) is 4.98 Å².